The number of fused-ring (bicyclic) bond motifs is 1. The van der Waals surface area contributed by atoms with Crippen LogP contribution in [0.15, 0.2) is 89.4 Å². The summed E-state index contributed by atoms with van der Waals surface area (Å²) < 4.78 is 28.2. The Balaban J connectivity index is 1.28. The molecule has 1 amide bonds. The van der Waals surface area contributed by atoms with E-state index < -0.39 is 18.1 Å². The lowest BCUT2D eigenvalue weighted by molar-refractivity contribution is -0.166. The average Bonchev–Trinajstić information content (AvgIpc) is 3.65. The fourth-order valence-electron chi connectivity index (χ4n) is 6.39. The Kier molecular flexibility index (Phi) is 11.8. The third kappa shape index (κ3) is 8.16. The maximum Gasteiger partial charge on any atom is 0.290 e. The third-order valence-electron chi connectivity index (χ3n) is 9.01. The van der Waals surface area contributed by atoms with Crippen LogP contribution < -0.4 is 10.9 Å². The molecular weight excluding hydrogens is 669 g/mol. The van der Waals surface area contributed by atoms with E-state index in [4.69, 9.17) is 29.0 Å². The molecule has 3 aromatic carbocycles. The predicted molar refractivity (Wildman–Crippen MR) is 198 cm³/mol. The lowest BCUT2D eigenvalue weighted by Gasteiger charge is -2.36. The molecule has 0 spiro atoms. The molecule has 2 N–H and O–H groups in total. The zero-order valence-electron chi connectivity index (χ0n) is 29.3. The first-order chi connectivity index (χ1) is 24.8. The number of hydrogen-bond acceptors (Lipinski definition) is 9. The molecule has 6 rings (SSSR count). The molecule has 0 saturated carbocycles. The van der Waals surface area contributed by atoms with E-state index in [0.29, 0.717) is 44.1 Å². The number of aliphatic hydroxyl groups is 1. The fraction of sp³-hybridized carbons (Fsp3) is 0.359. The van der Waals surface area contributed by atoms with Crippen LogP contribution in [0.25, 0.3) is 26.5 Å². The Labute approximate surface area is 301 Å². The van der Waals surface area contributed by atoms with Gasteiger partial charge >= 0.3 is 0 Å². The molecule has 5 aromatic rings. The monoisotopic (exact) mass is 712 g/mol. The summed E-state index contributed by atoms with van der Waals surface area (Å²) in [4.78, 5) is 32.9. The molecule has 1 aliphatic rings. The van der Waals surface area contributed by atoms with Crippen molar-refractivity contribution in [2.24, 2.45) is 13.0 Å². The summed E-state index contributed by atoms with van der Waals surface area (Å²) in [6.07, 6.45) is 1.43. The van der Waals surface area contributed by atoms with E-state index in [1.54, 1.807) is 22.1 Å². The van der Waals surface area contributed by atoms with Crippen LogP contribution in [0.1, 0.15) is 36.1 Å². The lowest BCUT2D eigenvalue weighted by atomic mass is 9.81. The summed E-state index contributed by atoms with van der Waals surface area (Å²) in [6, 6.07) is 23.2. The number of carbonyl (C=O) groups is 1. The van der Waals surface area contributed by atoms with Gasteiger partial charge < -0.3 is 29.4 Å². The maximum atomic E-state index is 14.2. The second kappa shape index (κ2) is 16.6. The van der Waals surface area contributed by atoms with Crippen molar-refractivity contribution in [1.29, 1.82) is 0 Å². The summed E-state index contributed by atoms with van der Waals surface area (Å²) in [5.74, 6) is -1.22. The zero-order chi connectivity index (χ0) is 35.9. The number of ether oxygens (including phenoxy) is 4. The molecule has 3 atom stereocenters. The number of aromatic nitrogens is 3. The summed E-state index contributed by atoms with van der Waals surface area (Å²) in [6.45, 7) is 7.44. The van der Waals surface area contributed by atoms with Crippen LogP contribution in [0, 0.1) is 19.8 Å². The van der Waals surface area contributed by atoms with Crippen molar-refractivity contribution in [2.45, 2.75) is 39.4 Å². The van der Waals surface area contributed by atoms with E-state index in [2.05, 4.69) is 24.4 Å². The van der Waals surface area contributed by atoms with Gasteiger partial charge in [-0.05, 0) is 87.4 Å². The molecule has 12 heteroatoms. The first-order valence-electron chi connectivity index (χ1n) is 17.2. The largest absolute Gasteiger partial charge is 0.459 e. The van der Waals surface area contributed by atoms with Crippen molar-refractivity contribution in [3.63, 3.8) is 0 Å². The quantitative estimate of drug-likeness (QED) is 0.125. The van der Waals surface area contributed by atoms with E-state index in [1.165, 1.54) is 5.56 Å². The minimum Gasteiger partial charge on any atom is -0.459 e. The van der Waals surface area contributed by atoms with Gasteiger partial charge in [-0.2, -0.15) is 0 Å². The number of aliphatic hydroxyl groups excluding tert-OH is 1. The first-order valence-corrected chi connectivity index (χ1v) is 18.0. The van der Waals surface area contributed by atoms with Crippen molar-refractivity contribution in [2.75, 3.05) is 45.0 Å². The van der Waals surface area contributed by atoms with Gasteiger partial charge in [-0.25, -0.2) is 9.67 Å². The van der Waals surface area contributed by atoms with Gasteiger partial charge in [0.15, 0.2) is 5.76 Å². The van der Waals surface area contributed by atoms with Gasteiger partial charge in [-0.15, -0.1) is 11.3 Å². The Morgan fingerprint density at radius 3 is 2.47 bits per heavy atom. The Hall–Kier alpha value is -4.59. The molecule has 0 unspecified atom stereocenters. The van der Waals surface area contributed by atoms with Crippen molar-refractivity contribution in [1.82, 2.24) is 14.3 Å². The summed E-state index contributed by atoms with van der Waals surface area (Å²) in [5.41, 5.74) is 5.58. The smallest absolute Gasteiger partial charge is 0.290 e. The number of nitrogens with zero attached hydrogens (tertiary/aromatic N) is 3. The van der Waals surface area contributed by atoms with Crippen LogP contribution in [0.3, 0.4) is 0 Å². The fourth-order valence-corrected chi connectivity index (χ4v) is 7.46. The molecule has 0 aliphatic carbocycles. The number of benzene rings is 3. The normalized spacial score (nSPS) is 17.4. The predicted octanol–water partition coefficient (Wildman–Crippen LogP) is 6.10. The summed E-state index contributed by atoms with van der Waals surface area (Å²) in [5, 5.41) is 12.8. The van der Waals surface area contributed by atoms with Crippen molar-refractivity contribution in [3.05, 3.63) is 112 Å². The highest BCUT2D eigenvalue weighted by molar-refractivity contribution is 7.21. The number of allylic oxidation sites excluding steroid dienone is 1. The zero-order valence-corrected chi connectivity index (χ0v) is 30.2. The molecule has 0 radical (unpaired) electrons. The third-order valence-corrected chi connectivity index (χ3v) is 10.1. The van der Waals surface area contributed by atoms with E-state index in [9.17, 15) is 9.59 Å². The van der Waals surface area contributed by atoms with E-state index >= 15 is 0 Å². The number of carbonyl (C=O) groups excluding carboxylic acids is 1. The highest BCUT2D eigenvalue weighted by Crippen LogP contribution is 2.39. The average molecular weight is 713 g/mol. The van der Waals surface area contributed by atoms with Gasteiger partial charge in [0.2, 0.25) is 6.29 Å². The van der Waals surface area contributed by atoms with Crippen LogP contribution in [0.2, 0.25) is 0 Å². The van der Waals surface area contributed by atoms with E-state index in [0.717, 1.165) is 32.2 Å². The summed E-state index contributed by atoms with van der Waals surface area (Å²) in [7, 11) is 1.85. The Morgan fingerprint density at radius 2 is 1.75 bits per heavy atom. The standard InChI is InChI=1S/C39H44N4O7S/c1-5-49-39-30(17-19-47-21-22-48-20-18-44)31(35-26(3)42(4)43(38(35)46)29-9-7-6-8-10-29)24-33(50-39)36(45)40-28-14-12-27(13-15-28)37-41-32-16-11-25(2)23-34(32)51-37/h6-16,23-24,30-31,39,44H,5,17-22H2,1-4H3,(H,40,45)/t30-,31+,39-/m1/s1. The number of hydrogen-bond donors (Lipinski definition) is 2. The second-order valence-electron chi connectivity index (χ2n) is 12.4. The van der Waals surface area contributed by atoms with Crippen LogP contribution in [-0.2, 0) is 30.8 Å². The van der Waals surface area contributed by atoms with Crippen molar-refractivity contribution < 1.29 is 28.8 Å². The first kappa shape index (κ1) is 36.2. The number of thiazole rings is 1. The van der Waals surface area contributed by atoms with E-state index in [-0.39, 0.29) is 30.5 Å². The maximum absolute atomic E-state index is 14.2. The van der Waals surface area contributed by atoms with E-state index in [1.807, 2.05) is 86.2 Å². The molecule has 2 aromatic heterocycles. The number of para-hydroxylation sites is 1. The second-order valence-corrected chi connectivity index (χ2v) is 13.4. The Morgan fingerprint density at radius 1 is 1.00 bits per heavy atom. The number of aryl methyl sites for hydroxylation is 1. The molecule has 0 fully saturated rings. The minimum absolute atomic E-state index is 0.0501. The molecule has 11 nitrogen and oxygen atoms in total. The van der Waals surface area contributed by atoms with Gasteiger partial charge in [-0.1, -0.05) is 24.3 Å². The van der Waals surface area contributed by atoms with Crippen LogP contribution in [0.5, 0.6) is 0 Å². The Bertz CT molecular complexity index is 2030. The molecule has 268 valence electrons. The van der Waals surface area contributed by atoms with Gasteiger partial charge in [0.25, 0.3) is 11.5 Å². The number of rotatable bonds is 15. The number of nitrogens with one attached hydrogen (secondary N) is 1. The van der Waals surface area contributed by atoms with Crippen molar-refractivity contribution in [3.8, 4) is 16.3 Å². The molecule has 51 heavy (non-hydrogen) atoms. The topological polar surface area (TPSA) is 126 Å². The highest BCUT2D eigenvalue weighted by atomic mass is 32.1. The SMILES string of the molecule is CCO[C@@H]1OC(C(=O)Nc2ccc(-c3nc4ccc(C)cc4s3)cc2)=C[C@H](c2c(C)n(C)n(-c3ccccc3)c2=O)[C@H]1CCOCCOCCO. The molecular formula is C39H44N4O7S. The number of amides is 1. The van der Waals surface area contributed by atoms with Gasteiger partial charge in [-0.3, -0.25) is 14.3 Å². The lowest BCUT2D eigenvalue weighted by Crippen LogP contribution is -2.39. The molecule has 3 heterocycles. The number of anilines is 1. The molecule has 1 aliphatic heterocycles. The van der Waals surface area contributed by atoms with Crippen LogP contribution in [-0.4, -0.2) is 71.3 Å². The molecule has 0 saturated heterocycles. The van der Waals surface area contributed by atoms with Crippen molar-refractivity contribution >= 4 is 33.1 Å². The minimum atomic E-state index is -0.811. The van der Waals surface area contributed by atoms with Crippen LogP contribution in [0.4, 0.5) is 5.69 Å². The van der Waals surface area contributed by atoms with Gasteiger partial charge in [0.05, 0.1) is 42.3 Å². The highest BCUT2D eigenvalue weighted by Gasteiger charge is 2.41. The van der Waals surface area contributed by atoms with Gasteiger partial charge in [0, 0.05) is 54.6 Å². The van der Waals surface area contributed by atoms with Gasteiger partial charge in [0.1, 0.15) is 5.01 Å². The van der Waals surface area contributed by atoms with Crippen LogP contribution >= 0.6 is 11.3 Å². The summed E-state index contributed by atoms with van der Waals surface area (Å²) >= 11 is 1.63. The molecule has 0 bridgehead atoms.